The minimum atomic E-state index is -1.20. The van der Waals surface area contributed by atoms with Crippen molar-refractivity contribution >= 4 is 23.4 Å². The molecule has 0 aliphatic carbocycles. The Kier molecular flexibility index (Phi) is 3.14. The SMILES string of the molecule is Nc1c(F)cc(Cl)cc1CNC(=O)O. The van der Waals surface area contributed by atoms with E-state index in [-0.39, 0.29) is 17.3 Å². The molecule has 1 aromatic rings. The zero-order valence-electron chi connectivity index (χ0n) is 7.05. The minimum absolute atomic E-state index is 0.0708. The van der Waals surface area contributed by atoms with Crippen LogP contribution in [-0.4, -0.2) is 11.2 Å². The molecule has 0 bridgehead atoms. The van der Waals surface area contributed by atoms with Gasteiger partial charge in [-0.3, -0.25) is 0 Å². The summed E-state index contributed by atoms with van der Waals surface area (Å²) in [5.41, 5.74) is 5.59. The summed E-state index contributed by atoms with van der Waals surface area (Å²) in [6, 6.07) is 2.48. The molecule has 1 amide bonds. The quantitative estimate of drug-likeness (QED) is 0.663. The Morgan fingerprint density at radius 3 is 2.86 bits per heavy atom. The molecular weight excluding hydrogens is 211 g/mol. The second-order valence-corrected chi connectivity index (χ2v) is 3.06. The molecule has 1 rings (SSSR count). The topological polar surface area (TPSA) is 75.3 Å². The molecule has 0 aromatic heterocycles. The normalized spacial score (nSPS) is 9.86. The van der Waals surface area contributed by atoms with Crippen LogP contribution in [0.5, 0.6) is 0 Å². The Balaban J connectivity index is 2.90. The molecule has 0 spiro atoms. The predicted molar refractivity (Wildman–Crippen MR) is 50.7 cm³/mol. The Morgan fingerprint density at radius 2 is 2.29 bits per heavy atom. The third-order valence-corrected chi connectivity index (χ3v) is 1.83. The number of halogens is 2. The van der Waals surface area contributed by atoms with Gasteiger partial charge in [-0.15, -0.1) is 0 Å². The largest absolute Gasteiger partial charge is 0.465 e. The summed E-state index contributed by atoms with van der Waals surface area (Å²) >= 11 is 5.57. The third-order valence-electron chi connectivity index (χ3n) is 1.61. The monoisotopic (exact) mass is 218 g/mol. The lowest BCUT2D eigenvalue weighted by molar-refractivity contribution is 0.194. The first-order valence-corrected chi connectivity index (χ1v) is 4.08. The highest BCUT2D eigenvalue weighted by Gasteiger charge is 2.07. The lowest BCUT2D eigenvalue weighted by Gasteiger charge is -2.06. The maximum Gasteiger partial charge on any atom is 0.404 e. The molecule has 0 aliphatic rings. The smallest absolute Gasteiger partial charge is 0.404 e. The average Bonchev–Trinajstić information content (AvgIpc) is 2.08. The lowest BCUT2D eigenvalue weighted by Crippen LogP contribution is -2.20. The fourth-order valence-electron chi connectivity index (χ4n) is 0.955. The van der Waals surface area contributed by atoms with Crippen molar-refractivity contribution in [1.29, 1.82) is 0 Å². The highest BCUT2D eigenvalue weighted by Crippen LogP contribution is 2.21. The number of rotatable bonds is 2. The van der Waals surface area contributed by atoms with E-state index in [0.29, 0.717) is 5.56 Å². The van der Waals surface area contributed by atoms with Gasteiger partial charge in [-0.05, 0) is 17.7 Å². The van der Waals surface area contributed by atoms with Gasteiger partial charge >= 0.3 is 6.09 Å². The van der Waals surface area contributed by atoms with Gasteiger partial charge in [0.25, 0.3) is 0 Å². The number of benzene rings is 1. The van der Waals surface area contributed by atoms with Gasteiger partial charge in [0.2, 0.25) is 0 Å². The number of anilines is 1. The van der Waals surface area contributed by atoms with E-state index in [4.69, 9.17) is 22.4 Å². The number of nitrogens with one attached hydrogen (secondary N) is 1. The standard InChI is InChI=1S/C8H8ClFN2O2/c9-5-1-4(3-12-8(13)14)7(11)6(10)2-5/h1-2,12H,3,11H2,(H,13,14). The second kappa shape index (κ2) is 4.15. The molecule has 1 aromatic carbocycles. The van der Waals surface area contributed by atoms with Crippen molar-refractivity contribution in [2.45, 2.75) is 6.54 Å². The number of hydrogen-bond donors (Lipinski definition) is 3. The van der Waals surface area contributed by atoms with Crippen LogP contribution in [0.25, 0.3) is 0 Å². The van der Waals surface area contributed by atoms with Crippen molar-refractivity contribution in [2.24, 2.45) is 0 Å². The average molecular weight is 219 g/mol. The molecule has 14 heavy (non-hydrogen) atoms. The zero-order valence-corrected chi connectivity index (χ0v) is 7.81. The Morgan fingerprint density at radius 1 is 1.64 bits per heavy atom. The molecule has 0 heterocycles. The molecule has 0 unspecified atom stereocenters. The number of carbonyl (C=O) groups is 1. The van der Waals surface area contributed by atoms with E-state index in [1.807, 2.05) is 0 Å². The number of amides is 1. The van der Waals surface area contributed by atoms with Crippen LogP contribution in [0.4, 0.5) is 14.9 Å². The molecule has 0 fully saturated rings. The zero-order chi connectivity index (χ0) is 10.7. The van der Waals surface area contributed by atoms with Gasteiger partial charge in [-0.2, -0.15) is 0 Å². The molecule has 4 nitrogen and oxygen atoms in total. The third kappa shape index (κ3) is 2.50. The Labute approximate surface area is 84.5 Å². The van der Waals surface area contributed by atoms with Crippen molar-refractivity contribution in [1.82, 2.24) is 5.32 Å². The van der Waals surface area contributed by atoms with Gasteiger partial charge < -0.3 is 16.2 Å². The van der Waals surface area contributed by atoms with Crippen LogP contribution < -0.4 is 11.1 Å². The first kappa shape index (κ1) is 10.6. The highest BCUT2D eigenvalue weighted by atomic mass is 35.5. The summed E-state index contributed by atoms with van der Waals surface area (Å²) in [6.45, 7) is -0.0708. The highest BCUT2D eigenvalue weighted by molar-refractivity contribution is 6.30. The van der Waals surface area contributed by atoms with Crippen molar-refractivity contribution in [3.63, 3.8) is 0 Å². The summed E-state index contributed by atoms with van der Waals surface area (Å²) in [7, 11) is 0. The fraction of sp³-hybridized carbons (Fsp3) is 0.125. The molecule has 0 atom stereocenters. The van der Waals surface area contributed by atoms with E-state index in [0.717, 1.165) is 6.07 Å². The van der Waals surface area contributed by atoms with E-state index < -0.39 is 11.9 Å². The number of carboxylic acid groups (broad SMARTS) is 1. The summed E-state index contributed by atoms with van der Waals surface area (Å²) in [4.78, 5) is 10.2. The van der Waals surface area contributed by atoms with Crippen LogP contribution in [0.15, 0.2) is 12.1 Å². The van der Waals surface area contributed by atoms with E-state index in [1.54, 1.807) is 0 Å². The maximum atomic E-state index is 13.0. The van der Waals surface area contributed by atoms with E-state index >= 15 is 0 Å². The summed E-state index contributed by atoms with van der Waals surface area (Å²) in [5, 5.41) is 10.6. The lowest BCUT2D eigenvalue weighted by atomic mass is 10.1. The number of nitrogen functional groups attached to an aromatic ring is 1. The minimum Gasteiger partial charge on any atom is -0.465 e. The molecular formula is C8H8ClFN2O2. The van der Waals surface area contributed by atoms with Crippen LogP contribution in [-0.2, 0) is 6.54 Å². The van der Waals surface area contributed by atoms with Gasteiger partial charge in [-0.1, -0.05) is 11.6 Å². The molecule has 0 saturated carbocycles. The van der Waals surface area contributed by atoms with Gasteiger partial charge in [0.05, 0.1) is 5.69 Å². The van der Waals surface area contributed by atoms with Crippen molar-refractivity contribution in [3.05, 3.63) is 28.5 Å². The van der Waals surface area contributed by atoms with Crippen molar-refractivity contribution < 1.29 is 14.3 Å². The second-order valence-electron chi connectivity index (χ2n) is 2.62. The van der Waals surface area contributed by atoms with Crippen LogP contribution in [0.2, 0.25) is 5.02 Å². The number of hydrogen-bond acceptors (Lipinski definition) is 2. The Bertz CT molecular complexity index is 371. The summed E-state index contributed by atoms with van der Waals surface area (Å²) in [5.74, 6) is -0.653. The van der Waals surface area contributed by atoms with Crippen LogP contribution in [0, 0.1) is 5.82 Å². The predicted octanol–water partition coefficient (Wildman–Crippen LogP) is 1.83. The fourth-order valence-corrected chi connectivity index (χ4v) is 1.18. The van der Waals surface area contributed by atoms with E-state index in [2.05, 4.69) is 5.32 Å². The van der Waals surface area contributed by atoms with Crippen LogP contribution in [0.3, 0.4) is 0 Å². The van der Waals surface area contributed by atoms with Crippen LogP contribution in [0.1, 0.15) is 5.56 Å². The summed E-state index contributed by atoms with van der Waals surface area (Å²) < 4.78 is 13.0. The molecule has 0 aliphatic heterocycles. The van der Waals surface area contributed by atoms with E-state index in [1.165, 1.54) is 6.07 Å². The maximum absolute atomic E-state index is 13.0. The first-order chi connectivity index (χ1) is 6.50. The molecule has 4 N–H and O–H groups in total. The summed E-state index contributed by atoms with van der Waals surface area (Å²) in [6.07, 6.45) is -1.20. The van der Waals surface area contributed by atoms with Crippen molar-refractivity contribution in [2.75, 3.05) is 5.73 Å². The number of nitrogens with two attached hydrogens (primary N) is 1. The van der Waals surface area contributed by atoms with Crippen molar-refractivity contribution in [3.8, 4) is 0 Å². The van der Waals surface area contributed by atoms with Gasteiger partial charge in [0, 0.05) is 11.6 Å². The van der Waals surface area contributed by atoms with Gasteiger partial charge in [0.1, 0.15) is 5.82 Å². The molecule has 0 radical (unpaired) electrons. The Hall–Kier alpha value is -1.49. The molecule has 0 saturated heterocycles. The van der Waals surface area contributed by atoms with Crippen LogP contribution >= 0.6 is 11.6 Å². The molecule has 6 heteroatoms. The van der Waals surface area contributed by atoms with E-state index in [9.17, 15) is 9.18 Å². The van der Waals surface area contributed by atoms with Gasteiger partial charge in [0.15, 0.2) is 0 Å². The van der Waals surface area contributed by atoms with Gasteiger partial charge in [-0.25, -0.2) is 9.18 Å². The first-order valence-electron chi connectivity index (χ1n) is 3.71. The molecule has 76 valence electrons.